The van der Waals surface area contributed by atoms with Crippen molar-refractivity contribution in [2.24, 2.45) is 0 Å². The van der Waals surface area contributed by atoms with Gasteiger partial charge in [-0.25, -0.2) is 0 Å². The second-order valence-electron chi connectivity index (χ2n) is 5.35. The number of hydrogen-bond donors (Lipinski definition) is 1. The minimum atomic E-state index is -0.536. The Labute approximate surface area is 142 Å². The molecule has 0 heterocycles. The lowest BCUT2D eigenvalue weighted by Gasteiger charge is -2.22. The Hall–Kier alpha value is -2.00. The van der Waals surface area contributed by atoms with E-state index < -0.39 is 6.10 Å². The van der Waals surface area contributed by atoms with Gasteiger partial charge in [0, 0.05) is 5.02 Å². The van der Waals surface area contributed by atoms with Crippen molar-refractivity contribution < 1.29 is 9.53 Å². The van der Waals surface area contributed by atoms with Gasteiger partial charge in [0.1, 0.15) is 5.75 Å². The summed E-state index contributed by atoms with van der Waals surface area (Å²) in [6.45, 7) is 3.98. The molecule has 1 N–H and O–H groups in total. The van der Waals surface area contributed by atoms with Gasteiger partial charge in [-0.05, 0) is 36.6 Å². The number of nitrogens with one attached hydrogen (secondary N) is 1. The normalized spacial score (nSPS) is 13.2. The number of carbonyl (C=O) groups is 1. The van der Waals surface area contributed by atoms with Crippen LogP contribution in [0.1, 0.15) is 38.3 Å². The van der Waals surface area contributed by atoms with Crippen molar-refractivity contribution >= 4 is 17.5 Å². The van der Waals surface area contributed by atoms with Crippen LogP contribution < -0.4 is 10.1 Å². The number of ether oxygens (including phenoxy) is 1. The summed E-state index contributed by atoms with van der Waals surface area (Å²) in [6.07, 6.45) is 0.874. The summed E-state index contributed by atoms with van der Waals surface area (Å²) in [4.78, 5) is 12.5. The number of amides is 1. The first-order valence-corrected chi connectivity index (χ1v) is 8.29. The van der Waals surface area contributed by atoms with Crippen molar-refractivity contribution in [1.82, 2.24) is 5.32 Å². The molecule has 23 heavy (non-hydrogen) atoms. The van der Waals surface area contributed by atoms with Crippen LogP contribution >= 0.6 is 11.6 Å². The third-order valence-corrected chi connectivity index (χ3v) is 3.90. The largest absolute Gasteiger partial charge is 0.481 e. The summed E-state index contributed by atoms with van der Waals surface area (Å²) in [5, 5.41) is 3.66. The Bertz CT molecular complexity index is 630. The number of hydrogen-bond acceptors (Lipinski definition) is 2. The van der Waals surface area contributed by atoms with Crippen molar-refractivity contribution in [3.8, 4) is 5.75 Å². The molecule has 3 nitrogen and oxygen atoms in total. The summed E-state index contributed by atoms with van der Waals surface area (Å²) >= 11 is 5.96. The maximum Gasteiger partial charge on any atom is 0.261 e. The fourth-order valence-electron chi connectivity index (χ4n) is 2.40. The molecule has 0 unspecified atom stereocenters. The number of rotatable bonds is 7. The second-order valence-corrected chi connectivity index (χ2v) is 5.79. The minimum absolute atomic E-state index is 0.0132. The van der Waals surface area contributed by atoms with E-state index >= 15 is 0 Å². The van der Waals surface area contributed by atoms with Gasteiger partial charge in [0.25, 0.3) is 5.91 Å². The van der Waals surface area contributed by atoms with Crippen LogP contribution in [0.5, 0.6) is 5.75 Å². The van der Waals surface area contributed by atoms with E-state index in [4.69, 9.17) is 16.3 Å². The Morgan fingerprint density at radius 1 is 1.09 bits per heavy atom. The van der Waals surface area contributed by atoms with Gasteiger partial charge in [-0.2, -0.15) is 0 Å². The Morgan fingerprint density at radius 2 is 1.83 bits per heavy atom. The molecule has 0 aromatic heterocycles. The predicted molar refractivity (Wildman–Crippen MR) is 93.8 cm³/mol. The summed E-state index contributed by atoms with van der Waals surface area (Å²) < 4.78 is 5.79. The molecule has 2 atom stereocenters. The summed E-state index contributed by atoms with van der Waals surface area (Å²) in [6, 6.07) is 17.0. The van der Waals surface area contributed by atoms with E-state index in [0.29, 0.717) is 17.2 Å². The summed E-state index contributed by atoms with van der Waals surface area (Å²) in [5.41, 5.74) is 1.10. The highest BCUT2D eigenvalue weighted by atomic mass is 35.5. The highest BCUT2D eigenvalue weighted by molar-refractivity contribution is 6.30. The molecule has 0 aliphatic rings. The third kappa shape index (κ3) is 5.00. The lowest BCUT2D eigenvalue weighted by Crippen LogP contribution is -2.39. The van der Waals surface area contributed by atoms with Crippen LogP contribution in [0.2, 0.25) is 5.02 Å². The molecule has 4 heteroatoms. The first kappa shape index (κ1) is 17.4. The van der Waals surface area contributed by atoms with Crippen LogP contribution in [0, 0.1) is 0 Å². The van der Waals surface area contributed by atoms with E-state index in [1.807, 2.05) is 37.3 Å². The molecule has 0 spiro atoms. The molecule has 1 amide bonds. The van der Waals surface area contributed by atoms with Gasteiger partial charge in [-0.1, -0.05) is 61.8 Å². The Morgan fingerprint density at radius 3 is 2.43 bits per heavy atom. The van der Waals surface area contributed by atoms with Crippen LogP contribution in [-0.4, -0.2) is 12.0 Å². The summed E-state index contributed by atoms with van der Waals surface area (Å²) in [7, 11) is 0. The first-order chi connectivity index (χ1) is 11.1. The second kappa shape index (κ2) is 8.59. The molecule has 0 fully saturated rings. The van der Waals surface area contributed by atoms with Crippen molar-refractivity contribution in [2.75, 3.05) is 0 Å². The van der Waals surface area contributed by atoms with Gasteiger partial charge in [-0.3, -0.25) is 4.79 Å². The van der Waals surface area contributed by atoms with Gasteiger partial charge in [-0.15, -0.1) is 0 Å². The standard InChI is InChI=1S/C19H22ClNO2/c1-3-17(14-9-6-5-7-10-14)21-19(22)18(4-2)23-16-12-8-11-15(20)13-16/h5-13,17-18H,3-4H2,1-2H3,(H,21,22)/t17-,18+/m0/s1. The van der Waals surface area contributed by atoms with E-state index in [1.54, 1.807) is 24.3 Å². The van der Waals surface area contributed by atoms with Crippen LogP contribution in [0.15, 0.2) is 54.6 Å². The van der Waals surface area contributed by atoms with E-state index in [-0.39, 0.29) is 11.9 Å². The van der Waals surface area contributed by atoms with Crippen LogP contribution in [-0.2, 0) is 4.79 Å². The zero-order valence-corrected chi connectivity index (χ0v) is 14.2. The number of halogens is 1. The summed E-state index contributed by atoms with van der Waals surface area (Å²) in [5.74, 6) is 0.496. The quantitative estimate of drug-likeness (QED) is 0.794. The average Bonchev–Trinajstić information content (AvgIpc) is 2.58. The van der Waals surface area contributed by atoms with Crippen molar-refractivity contribution in [3.05, 3.63) is 65.2 Å². The lowest BCUT2D eigenvalue weighted by molar-refractivity contribution is -0.128. The molecule has 0 bridgehead atoms. The Balaban J connectivity index is 2.04. The SMILES string of the molecule is CC[C@H](NC(=O)[C@@H](CC)Oc1cccc(Cl)c1)c1ccccc1. The zero-order chi connectivity index (χ0) is 16.7. The fraction of sp³-hybridized carbons (Fsp3) is 0.316. The third-order valence-electron chi connectivity index (χ3n) is 3.66. The van der Waals surface area contributed by atoms with Crippen molar-refractivity contribution in [3.63, 3.8) is 0 Å². The zero-order valence-electron chi connectivity index (χ0n) is 13.5. The van der Waals surface area contributed by atoms with E-state index in [9.17, 15) is 4.79 Å². The smallest absolute Gasteiger partial charge is 0.261 e. The van der Waals surface area contributed by atoms with Crippen molar-refractivity contribution in [2.45, 2.75) is 38.8 Å². The van der Waals surface area contributed by atoms with Gasteiger partial charge >= 0.3 is 0 Å². The molecule has 122 valence electrons. The average molecular weight is 332 g/mol. The molecule has 0 saturated heterocycles. The molecule has 2 rings (SSSR count). The molecule has 2 aromatic carbocycles. The van der Waals surface area contributed by atoms with E-state index in [1.165, 1.54) is 0 Å². The minimum Gasteiger partial charge on any atom is -0.481 e. The van der Waals surface area contributed by atoms with Gasteiger partial charge < -0.3 is 10.1 Å². The molecule has 0 radical (unpaired) electrons. The van der Waals surface area contributed by atoms with Crippen LogP contribution in [0.3, 0.4) is 0 Å². The maximum absolute atomic E-state index is 12.5. The van der Waals surface area contributed by atoms with Crippen LogP contribution in [0.25, 0.3) is 0 Å². The number of carbonyl (C=O) groups excluding carboxylic acids is 1. The van der Waals surface area contributed by atoms with Gasteiger partial charge in [0.05, 0.1) is 6.04 Å². The number of benzene rings is 2. The molecule has 2 aromatic rings. The Kier molecular flexibility index (Phi) is 6.48. The van der Waals surface area contributed by atoms with Crippen molar-refractivity contribution in [1.29, 1.82) is 0 Å². The van der Waals surface area contributed by atoms with Gasteiger partial charge in [0.2, 0.25) is 0 Å². The molecule has 0 saturated carbocycles. The molecule has 0 aliphatic carbocycles. The maximum atomic E-state index is 12.5. The molecular weight excluding hydrogens is 310 g/mol. The fourth-order valence-corrected chi connectivity index (χ4v) is 2.58. The van der Waals surface area contributed by atoms with Crippen LogP contribution in [0.4, 0.5) is 0 Å². The monoisotopic (exact) mass is 331 g/mol. The first-order valence-electron chi connectivity index (χ1n) is 7.91. The van der Waals surface area contributed by atoms with Gasteiger partial charge in [0.15, 0.2) is 6.10 Å². The highest BCUT2D eigenvalue weighted by Gasteiger charge is 2.21. The van der Waals surface area contributed by atoms with E-state index in [0.717, 1.165) is 12.0 Å². The van der Waals surface area contributed by atoms with E-state index in [2.05, 4.69) is 12.2 Å². The molecule has 0 aliphatic heterocycles. The lowest BCUT2D eigenvalue weighted by atomic mass is 10.0. The molecular formula is C19H22ClNO2. The highest BCUT2D eigenvalue weighted by Crippen LogP contribution is 2.20. The predicted octanol–water partition coefficient (Wildman–Crippen LogP) is 4.76. The topological polar surface area (TPSA) is 38.3 Å².